The highest BCUT2D eigenvalue weighted by atomic mass is 16.3. The number of amides is 1. The smallest absolute Gasteiger partial charge is 0.239 e. The number of carbonyl (C=O) groups excluding carboxylic acids is 1. The minimum Gasteiger partial charge on any atom is -0.439 e. The van der Waals surface area contributed by atoms with Crippen LogP contribution in [0.5, 0.6) is 0 Å². The SMILES string of the molecule is CC(C)(C)c1ccc2oc(CNCC(=O)Nc3cnccn3)nc2c1. The van der Waals surface area contributed by atoms with Crippen molar-refractivity contribution in [3.63, 3.8) is 0 Å². The van der Waals surface area contributed by atoms with Crippen LogP contribution in [0.15, 0.2) is 41.2 Å². The van der Waals surface area contributed by atoms with E-state index in [1.54, 1.807) is 6.20 Å². The van der Waals surface area contributed by atoms with Crippen molar-refractivity contribution in [2.75, 3.05) is 11.9 Å². The molecule has 0 unspecified atom stereocenters. The molecule has 2 aromatic heterocycles. The second kappa shape index (κ2) is 6.98. The van der Waals surface area contributed by atoms with E-state index in [9.17, 15) is 4.79 Å². The zero-order valence-corrected chi connectivity index (χ0v) is 14.5. The summed E-state index contributed by atoms with van der Waals surface area (Å²) < 4.78 is 5.71. The molecule has 2 heterocycles. The predicted molar refractivity (Wildman–Crippen MR) is 95.1 cm³/mol. The summed E-state index contributed by atoms with van der Waals surface area (Å²) in [5.41, 5.74) is 2.84. The van der Waals surface area contributed by atoms with E-state index < -0.39 is 0 Å². The maximum atomic E-state index is 11.8. The number of hydrogen-bond acceptors (Lipinski definition) is 6. The number of nitrogens with zero attached hydrogens (tertiary/aromatic N) is 3. The molecule has 0 aliphatic carbocycles. The van der Waals surface area contributed by atoms with Crippen molar-refractivity contribution in [3.8, 4) is 0 Å². The molecule has 0 aliphatic heterocycles. The maximum Gasteiger partial charge on any atom is 0.239 e. The molecule has 3 aromatic rings. The summed E-state index contributed by atoms with van der Waals surface area (Å²) in [6.45, 7) is 6.97. The molecule has 0 radical (unpaired) electrons. The first kappa shape index (κ1) is 17.0. The third-order valence-corrected chi connectivity index (χ3v) is 3.69. The molecule has 25 heavy (non-hydrogen) atoms. The summed E-state index contributed by atoms with van der Waals surface area (Å²) in [6, 6.07) is 6.04. The van der Waals surface area contributed by atoms with Crippen LogP contribution in [0.3, 0.4) is 0 Å². The van der Waals surface area contributed by atoms with E-state index in [1.807, 2.05) is 12.1 Å². The fourth-order valence-corrected chi connectivity index (χ4v) is 2.35. The van der Waals surface area contributed by atoms with Crippen LogP contribution in [0.25, 0.3) is 11.1 Å². The molecule has 0 saturated heterocycles. The first-order chi connectivity index (χ1) is 11.9. The molecule has 1 amide bonds. The van der Waals surface area contributed by atoms with Crippen molar-refractivity contribution >= 4 is 22.8 Å². The summed E-state index contributed by atoms with van der Waals surface area (Å²) in [5, 5.41) is 5.66. The van der Waals surface area contributed by atoms with E-state index >= 15 is 0 Å². The van der Waals surface area contributed by atoms with Gasteiger partial charge in [0.05, 0.1) is 19.3 Å². The van der Waals surface area contributed by atoms with Crippen LogP contribution in [-0.4, -0.2) is 27.4 Å². The predicted octanol–water partition coefficient (Wildman–Crippen LogP) is 2.64. The van der Waals surface area contributed by atoms with Crippen LogP contribution in [0.1, 0.15) is 32.2 Å². The lowest BCUT2D eigenvalue weighted by atomic mass is 9.87. The highest BCUT2D eigenvalue weighted by molar-refractivity contribution is 5.91. The number of benzene rings is 1. The number of nitrogens with one attached hydrogen (secondary N) is 2. The van der Waals surface area contributed by atoms with Gasteiger partial charge in [0, 0.05) is 12.4 Å². The first-order valence-electron chi connectivity index (χ1n) is 8.08. The van der Waals surface area contributed by atoms with Gasteiger partial charge >= 0.3 is 0 Å². The van der Waals surface area contributed by atoms with Crippen molar-refractivity contribution in [1.29, 1.82) is 0 Å². The second-order valence-corrected chi connectivity index (χ2v) is 6.78. The fraction of sp³-hybridized carbons (Fsp3) is 0.333. The molecule has 7 heteroatoms. The van der Waals surface area contributed by atoms with Crippen molar-refractivity contribution in [1.82, 2.24) is 20.3 Å². The van der Waals surface area contributed by atoms with Crippen LogP contribution < -0.4 is 10.6 Å². The zero-order chi connectivity index (χ0) is 17.9. The second-order valence-electron chi connectivity index (χ2n) is 6.78. The standard InChI is InChI=1S/C18H21N5O2/c1-18(2,3)12-4-5-14-13(8-12)22-17(25-14)11-20-10-16(24)23-15-9-19-6-7-21-15/h4-9,20H,10-11H2,1-3H3,(H,21,23,24). The molecule has 2 N–H and O–H groups in total. The fourth-order valence-electron chi connectivity index (χ4n) is 2.35. The van der Waals surface area contributed by atoms with E-state index in [2.05, 4.69) is 52.4 Å². The Balaban J connectivity index is 1.57. The number of fused-ring (bicyclic) bond motifs is 1. The Labute approximate surface area is 145 Å². The Kier molecular flexibility index (Phi) is 4.76. The van der Waals surface area contributed by atoms with Crippen LogP contribution in [-0.2, 0) is 16.8 Å². The molecule has 3 rings (SSSR count). The van der Waals surface area contributed by atoms with Crippen LogP contribution in [0, 0.1) is 0 Å². The van der Waals surface area contributed by atoms with Gasteiger partial charge in [-0.15, -0.1) is 0 Å². The number of anilines is 1. The molecule has 1 aromatic carbocycles. The first-order valence-corrected chi connectivity index (χ1v) is 8.08. The molecule has 0 bridgehead atoms. The van der Waals surface area contributed by atoms with E-state index in [-0.39, 0.29) is 17.9 Å². The molecule has 130 valence electrons. The highest BCUT2D eigenvalue weighted by Crippen LogP contribution is 2.26. The number of hydrogen-bond donors (Lipinski definition) is 2. The monoisotopic (exact) mass is 339 g/mol. The van der Waals surface area contributed by atoms with E-state index in [4.69, 9.17) is 4.42 Å². The van der Waals surface area contributed by atoms with E-state index in [0.29, 0.717) is 18.3 Å². The quantitative estimate of drug-likeness (QED) is 0.742. The largest absolute Gasteiger partial charge is 0.439 e. The summed E-state index contributed by atoms with van der Waals surface area (Å²) in [4.78, 5) is 24.2. The minimum absolute atomic E-state index is 0.0595. The number of rotatable bonds is 5. The molecule has 7 nitrogen and oxygen atoms in total. The lowest BCUT2D eigenvalue weighted by Crippen LogP contribution is -2.28. The zero-order valence-electron chi connectivity index (χ0n) is 14.5. The number of carbonyl (C=O) groups is 1. The Morgan fingerprint density at radius 3 is 2.80 bits per heavy atom. The number of oxazole rings is 1. The maximum absolute atomic E-state index is 11.8. The van der Waals surface area contributed by atoms with Gasteiger partial charge in [-0.1, -0.05) is 26.8 Å². The van der Waals surface area contributed by atoms with Gasteiger partial charge in [-0.3, -0.25) is 15.1 Å². The summed E-state index contributed by atoms with van der Waals surface area (Å²) in [7, 11) is 0. The van der Waals surface area contributed by atoms with Gasteiger partial charge in [0.1, 0.15) is 5.52 Å². The number of aromatic nitrogens is 3. The lowest BCUT2D eigenvalue weighted by molar-refractivity contribution is -0.115. The molecular formula is C18H21N5O2. The normalized spacial score (nSPS) is 11.6. The van der Waals surface area contributed by atoms with Crippen LogP contribution in [0.4, 0.5) is 5.82 Å². The van der Waals surface area contributed by atoms with E-state index in [1.165, 1.54) is 18.0 Å². The molecule has 0 saturated carbocycles. The third-order valence-electron chi connectivity index (χ3n) is 3.69. The van der Waals surface area contributed by atoms with Gasteiger partial charge in [-0.2, -0.15) is 0 Å². The van der Waals surface area contributed by atoms with E-state index in [0.717, 1.165) is 11.1 Å². The van der Waals surface area contributed by atoms with Gasteiger partial charge in [0.2, 0.25) is 11.8 Å². The van der Waals surface area contributed by atoms with Crippen molar-refractivity contribution < 1.29 is 9.21 Å². The molecular weight excluding hydrogens is 318 g/mol. The molecule has 0 aliphatic rings. The molecule has 0 fully saturated rings. The van der Waals surface area contributed by atoms with Crippen LogP contribution >= 0.6 is 0 Å². The van der Waals surface area contributed by atoms with Crippen molar-refractivity contribution in [3.05, 3.63) is 48.2 Å². The Hall–Kier alpha value is -2.80. The van der Waals surface area contributed by atoms with Crippen molar-refractivity contribution in [2.45, 2.75) is 32.7 Å². The third kappa shape index (κ3) is 4.39. The average Bonchev–Trinajstić information content (AvgIpc) is 2.96. The molecule has 0 atom stereocenters. The highest BCUT2D eigenvalue weighted by Gasteiger charge is 2.15. The topological polar surface area (TPSA) is 92.9 Å². The van der Waals surface area contributed by atoms with Gasteiger partial charge in [0.15, 0.2) is 11.4 Å². The van der Waals surface area contributed by atoms with Gasteiger partial charge < -0.3 is 9.73 Å². The summed E-state index contributed by atoms with van der Waals surface area (Å²) in [5.74, 6) is 0.769. The van der Waals surface area contributed by atoms with Crippen LogP contribution in [0.2, 0.25) is 0 Å². The Morgan fingerprint density at radius 1 is 1.24 bits per heavy atom. The van der Waals surface area contributed by atoms with Gasteiger partial charge in [-0.05, 0) is 23.1 Å². The van der Waals surface area contributed by atoms with Gasteiger partial charge in [0.25, 0.3) is 0 Å². The average molecular weight is 339 g/mol. The van der Waals surface area contributed by atoms with Gasteiger partial charge in [-0.25, -0.2) is 9.97 Å². The summed E-state index contributed by atoms with van der Waals surface area (Å²) in [6.07, 6.45) is 4.56. The minimum atomic E-state index is -0.202. The Bertz CT molecular complexity index is 868. The lowest BCUT2D eigenvalue weighted by Gasteiger charge is -2.18. The Morgan fingerprint density at radius 2 is 2.08 bits per heavy atom. The van der Waals surface area contributed by atoms with Crippen molar-refractivity contribution in [2.24, 2.45) is 0 Å². The summed E-state index contributed by atoms with van der Waals surface area (Å²) >= 11 is 0. The molecule has 0 spiro atoms.